The molecule has 2 rings (SSSR count). The molecular weight excluding hydrogens is 302 g/mol. The molecule has 0 amide bonds. The van der Waals surface area contributed by atoms with E-state index in [0.29, 0.717) is 19.5 Å². The first-order chi connectivity index (χ1) is 10.6. The standard InChI is InChI=1S/C14H25N5O2S/c1-2-3-10-22(20,21)18-7-6-15-13-11-14(17-12-16-13)19-8-4-5-9-19/h11-12,18H,2-10H2,1H3,(H,15,16,17). The topological polar surface area (TPSA) is 87.2 Å². The van der Waals surface area contributed by atoms with Crippen molar-refractivity contribution < 1.29 is 8.42 Å². The van der Waals surface area contributed by atoms with Gasteiger partial charge in [-0.05, 0) is 19.3 Å². The SMILES string of the molecule is CCCCS(=O)(=O)NCCNc1cc(N2CCCC2)ncn1. The average molecular weight is 327 g/mol. The maximum atomic E-state index is 11.7. The molecule has 0 aliphatic carbocycles. The van der Waals surface area contributed by atoms with Gasteiger partial charge in [0.25, 0.3) is 0 Å². The average Bonchev–Trinajstić information content (AvgIpc) is 3.04. The largest absolute Gasteiger partial charge is 0.369 e. The predicted octanol–water partition coefficient (Wildman–Crippen LogP) is 1.21. The van der Waals surface area contributed by atoms with Crippen LogP contribution in [0.15, 0.2) is 12.4 Å². The minimum absolute atomic E-state index is 0.191. The van der Waals surface area contributed by atoms with Crippen LogP contribution in [0.1, 0.15) is 32.6 Å². The van der Waals surface area contributed by atoms with Crippen molar-refractivity contribution in [1.29, 1.82) is 0 Å². The Morgan fingerprint density at radius 1 is 1.23 bits per heavy atom. The molecule has 0 spiro atoms. The summed E-state index contributed by atoms with van der Waals surface area (Å²) in [5, 5.41) is 3.13. The molecule has 0 radical (unpaired) electrons. The highest BCUT2D eigenvalue weighted by Crippen LogP contribution is 2.18. The maximum absolute atomic E-state index is 11.7. The van der Waals surface area contributed by atoms with Gasteiger partial charge in [0.05, 0.1) is 5.75 Å². The monoisotopic (exact) mass is 327 g/mol. The Balaban J connectivity index is 1.76. The molecule has 1 aliphatic heterocycles. The van der Waals surface area contributed by atoms with Crippen molar-refractivity contribution >= 4 is 21.7 Å². The van der Waals surface area contributed by atoms with E-state index in [2.05, 4.69) is 24.9 Å². The van der Waals surface area contributed by atoms with Gasteiger partial charge in [-0.25, -0.2) is 23.1 Å². The van der Waals surface area contributed by atoms with E-state index in [-0.39, 0.29) is 5.75 Å². The van der Waals surface area contributed by atoms with Crippen LogP contribution in [0.4, 0.5) is 11.6 Å². The third kappa shape index (κ3) is 5.42. The maximum Gasteiger partial charge on any atom is 0.211 e. The Bertz CT molecular complexity index is 558. The number of aromatic nitrogens is 2. The van der Waals surface area contributed by atoms with Crippen LogP contribution in [-0.2, 0) is 10.0 Å². The summed E-state index contributed by atoms with van der Waals surface area (Å²) in [5.74, 6) is 1.85. The molecular formula is C14H25N5O2S. The fourth-order valence-corrected chi connectivity index (χ4v) is 3.59. The summed E-state index contributed by atoms with van der Waals surface area (Å²) in [6.45, 7) is 4.91. The number of hydrogen-bond donors (Lipinski definition) is 2. The Morgan fingerprint density at radius 2 is 2.00 bits per heavy atom. The first-order valence-corrected chi connectivity index (χ1v) is 9.54. The molecule has 1 fully saturated rings. The van der Waals surface area contributed by atoms with E-state index in [1.807, 2.05) is 13.0 Å². The Hall–Kier alpha value is -1.41. The normalized spacial score (nSPS) is 15.2. The van der Waals surface area contributed by atoms with Gasteiger partial charge in [-0.2, -0.15) is 0 Å². The van der Waals surface area contributed by atoms with Crippen LogP contribution in [0.2, 0.25) is 0 Å². The van der Waals surface area contributed by atoms with Gasteiger partial charge in [0, 0.05) is 32.2 Å². The van der Waals surface area contributed by atoms with Gasteiger partial charge in [0.15, 0.2) is 0 Å². The zero-order valence-electron chi connectivity index (χ0n) is 13.1. The molecule has 1 aliphatic rings. The molecule has 7 nitrogen and oxygen atoms in total. The van der Waals surface area contributed by atoms with Gasteiger partial charge < -0.3 is 10.2 Å². The number of rotatable bonds is 9. The van der Waals surface area contributed by atoms with E-state index >= 15 is 0 Å². The zero-order chi connectivity index (χ0) is 15.8. The molecule has 0 unspecified atom stereocenters. The van der Waals surface area contributed by atoms with Gasteiger partial charge in [-0.3, -0.25) is 0 Å². The van der Waals surface area contributed by atoms with Crippen LogP contribution in [0.5, 0.6) is 0 Å². The lowest BCUT2D eigenvalue weighted by Gasteiger charge is -2.16. The number of anilines is 2. The molecule has 1 aromatic heterocycles. The number of sulfonamides is 1. The smallest absolute Gasteiger partial charge is 0.211 e. The number of unbranched alkanes of at least 4 members (excludes halogenated alkanes) is 1. The fraction of sp³-hybridized carbons (Fsp3) is 0.714. The van der Waals surface area contributed by atoms with Crippen molar-refractivity contribution in [3.63, 3.8) is 0 Å². The third-order valence-corrected chi connectivity index (χ3v) is 5.07. The highest BCUT2D eigenvalue weighted by molar-refractivity contribution is 7.89. The van der Waals surface area contributed by atoms with E-state index in [1.165, 1.54) is 12.8 Å². The van der Waals surface area contributed by atoms with Gasteiger partial charge in [-0.15, -0.1) is 0 Å². The molecule has 2 N–H and O–H groups in total. The summed E-state index contributed by atoms with van der Waals surface area (Å²) in [6.07, 6.45) is 5.51. The molecule has 22 heavy (non-hydrogen) atoms. The molecule has 0 aromatic carbocycles. The van der Waals surface area contributed by atoms with Crippen molar-refractivity contribution in [3.8, 4) is 0 Å². The van der Waals surface area contributed by atoms with Crippen LogP contribution in [0, 0.1) is 0 Å². The predicted molar refractivity (Wildman–Crippen MR) is 88.7 cm³/mol. The van der Waals surface area contributed by atoms with E-state index in [4.69, 9.17) is 0 Å². The summed E-state index contributed by atoms with van der Waals surface area (Å²) >= 11 is 0. The number of nitrogens with zero attached hydrogens (tertiary/aromatic N) is 3. The van der Waals surface area contributed by atoms with Crippen molar-refractivity contribution in [2.24, 2.45) is 0 Å². The van der Waals surface area contributed by atoms with Crippen LogP contribution in [0.3, 0.4) is 0 Å². The van der Waals surface area contributed by atoms with Crippen LogP contribution >= 0.6 is 0 Å². The van der Waals surface area contributed by atoms with Gasteiger partial charge in [0.1, 0.15) is 18.0 Å². The summed E-state index contributed by atoms with van der Waals surface area (Å²) in [4.78, 5) is 10.7. The van der Waals surface area contributed by atoms with Crippen LogP contribution < -0.4 is 14.9 Å². The quantitative estimate of drug-likeness (QED) is 0.663. The summed E-state index contributed by atoms with van der Waals surface area (Å²) in [5.41, 5.74) is 0. The van der Waals surface area contributed by atoms with Gasteiger partial charge >= 0.3 is 0 Å². The van der Waals surface area contributed by atoms with Gasteiger partial charge in [0.2, 0.25) is 10.0 Å². The molecule has 124 valence electrons. The molecule has 0 bridgehead atoms. The van der Waals surface area contributed by atoms with E-state index in [9.17, 15) is 8.42 Å². The summed E-state index contributed by atoms with van der Waals surface area (Å²) in [6, 6.07) is 1.91. The lowest BCUT2D eigenvalue weighted by atomic mass is 10.4. The first-order valence-electron chi connectivity index (χ1n) is 7.89. The Labute approximate surface area is 132 Å². The second-order valence-electron chi connectivity index (χ2n) is 5.45. The van der Waals surface area contributed by atoms with Crippen LogP contribution in [0.25, 0.3) is 0 Å². The van der Waals surface area contributed by atoms with E-state index < -0.39 is 10.0 Å². The highest BCUT2D eigenvalue weighted by atomic mass is 32.2. The number of hydrogen-bond acceptors (Lipinski definition) is 6. The van der Waals surface area contributed by atoms with E-state index in [0.717, 1.165) is 31.1 Å². The van der Waals surface area contributed by atoms with E-state index in [1.54, 1.807) is 6.33 Å². The zero-order valence-corrected chi connectivity index (χ0v) is 13.9. The fourth-order valence-electron chi connectivity index (χ4n) is 2.37. The lowest BCUT2D eigenvalue weighted by Crippen LogP contribution is -2.31. The van der Waals surface area contributed by atoms with Crippen LogP contribution in [-0.4, -0.2) is 50.3 Å². The van der Waals surface area contributed by atoms with Crippen molar-refractivity contribution in [2.75, 3.05) is 42.1 Å². The summed E-state index contributed by atoms with van der Waals surface area (Å²) in [7, 11) is -3.15. The molecule has 1 aromatic rings. The van der Waals surface area contributed by atoms with Gasteiger partial charge in [-0.1, -0.05) is 13.3 Å². The van der Waals surface area contributed by atoms with Crippen molar-refractivity contribution in [2.45, 2.75) is 32.6 Å². The first kappa shape index (κ1) is 17.0. The van der Waals surface area contributed by atoms with Crippen molar-refractivity contribution in [1.82, 2.24) is 14.7 Å². The van der Waals surface area contributed by atoms with Crippen molar-refractivity contribution in [3.05, 3.63) is 12.4 Å². The molecule has 1 saturated heterocycles. The number of nitrogens with one attached hydrogen (secondary N) is 2. The third-order valence-electron chi connectivity index (χ3n) is 3.60. The second-order valence-corrected chi connectivity index (χ2v) is 7.38. The molecule has 0 saturated carbocycles. The molecule has 8 heteroatoms. The summed E-state index contributed by atoms with van der Waals surface area (Å²) < 4.78 is 25.9. The second kappa shape index (κ2) is 8.28. The Kier molecular flexibility index (Phi) is 6.38. The minimum Gasteiger partial charge on any atom is -0.369 e. The molecule has 2 heterocycles. The Morgan fingerprint density at radius 3 is 2.73 bits per heavy atom. The molecule has 0 atom stereocenters. The lowest BCUT2D eigenvalue weighted by molar-refractivity contribution is 0.579. The minimum atomic E-state index is -3.15. The highest BCUT2D eigenvalue weighted by Gasteiger charge is 2.14.